The summed E-state index contributed by atoms with van der Waals surface area (Å²) in [7, 11) is 2.02. The molecule has 3 heterocycles. The minimum Gasteiger partial charge on any atom is -0.318 e. The molecule has 0 radical (unpaired) electrons. The van der Waals surface area contributed by atoms with Crippen molar-refractivity contribution in [2.45, 2.75) is 25.4 Å². The summed E-state index contributed by atoms with van der Waals surface area (Å²) in [5, 5.41) is 3.27. The molecular formula is C13H20ClN5. The second-order valence-electron chi connectivity index (χ2n) is 4.88. The topological polar surface area (TPSA) is 45.5 Å². The number of nitrogens with one attached hydrogen (secondary N) is 1. The molecular weight excluding hydrogens is 262 g/mol. The Balaban J connectivity index is 0.00000133. The van der Waals surface area contributed by atoms with Crippen molar-refractivity contribution in [2.75, 3.05) is 20.1 Å². The van der Waals surface area contributed by atoms with Gasteiger partial charge in [-0.15, -0.1) is 12.4 Å². The van der Waals surface area contributed by atoms with E-state index in [0.717, 1.165) is 24.6 Å². The maximum atomic E-state index is 4.56. The predicted molar refractivity (Wildman–Crippen MR) is 77.6 cm³/mol. The fourth-order valence-electron chi connectivity index (χ4n) is 2.73. The van der Waals surface area contributed by atoms with Crippen molar-refractivity contribution in [3.8, 4) is 0 Å². The number of likely N-dealkylation sites (tertiary alicyclic amines) is 1. The molecule has 1 aliphatic heterocycles. The number of hydrogen-bond donors (Lipinski definition) is 1. The molecule has 19 heavy (non-hydrogen) atoms. The van der Waals surface area contributed by atoms with Crippen molar-refractivity contribution in [3.63, 3.8) is 0 Å². The first-order valence-electron chi connectivity index (χ1n) is 6.54. The fourth-order valence-corrected chi connectivity index (χ4v) is 2.73. The zero-order valence-electron chi connectivity index (χ0n) is 11.1. The van der Waals surface area contributed by atoms with E-state index in [1.54, 1.807) is 6.20 Å². The van der Waals surface area contributed by atoms with E-state index < -0.39 is 0 Å². The van der Waals surface area contributed by atoms with Gasteiger partial charge in [0.05, 0.1) is 5.69 Å². The zero-order chi connectivity index (χ0) is 12.4. The molecule has 1 atom stereocenters. The molecule has 1 aliphatic rings. The van der Waals surface area contributed by atoms with Gasteiger partial charge in [0.2, 0.25) is 5.78 Å². The number of halogens is 1. The molecule has 1 fully saturated rings. The van der Waals surface area contributed by atoms with Crippen molar-refractivity contribution in [1.29, 1.82) is 0 Å². The molecule has 5 nitrogen and oxygen atoms in total. The van der Waals surface area contributed by atoms with Crippen molar-refractivity contribution in [2.24, 2.45) is 0 Å². The van der Waals surface area contributed by atoms with Crippen LogP contribution >= 0.6 is 12.4 Å². The molecule has 6 heteroatoms. The van der Waals surface area contributed by atoms with Crippen molar-refractivity contribution in [1.82, 2.24) is 24.6 Å². The molecule has 0 spiro atoms. The SMILES string of the molecule is CNCC1CCCN1Cc1cn2cccnc2n1.Cl. The molecule has 3 rings (SSSR count). The van der Waals surface area contributed by atoms with Crippen LogP contribution in [0.2, 0.25) is 0 Å². The van der Waals surface area contributed by atoms with Gasteiger partial charge >= 0.3 is 0 Å². The average molecular weight is 282 g/mol. The van der Waals surface area contributed by atoms with Gasteiger partial charge in [0.1, 0.15) is 0 Å². The van der Waals surface area contributed by atoms with Gasteiger partial charge in [0, 0.05) is 37.7 Å². The number of fused-ring (bicyclic) bond motifs is 1. The quantitative estimate of drug-likeness (QED) is 0.919. The maximum Gasteiger partial charge on any atom is 0.233 e. The summed E-state index contributed by atoms with van der Waals surface area (Å²) >= 11 is 0. The molecule has 1 unspecified atom stereocenters. The van der Waals surface area contributed by atoms with E-state index in [4.69, 9.17) is 0 Å². The first-order valence-corrected chi connectivity index (χ1v) is 6.54. The average Bonchev–Trinajstić information content (AvgIpc) is 2.97. The summed E-state index contributed by atoms with van der Waals surface area (Å²) in [4.78, 5) is 11.3. The lowest BCUT2D eigenvalue weighted by atomic mass is 10.2. The van der Waals surface area contributed by atoms with Crippen molar-refractivity contribution < 1.29 is 0 Å². The lowest BCUT2D eigenvalue weighted by molar-refractivity contribution is 0.240. The molecule has 0 aromatic carbocycles. The van der Waals surface area contributed by atoms with Gasteiger partial charge < -0.3 is 5.32 Å². The zero-order valence-corrected chi connectivity index (χ0v) is 11.9. The van der Waals surface area contributed by atoms with Gasteiger partial charge in [-0.2, -0.15) is 0 Å². The van der Waals surface area contributed by atoms with Crippen molar-refractivity contribution >= 4 is 18.2 Å². The van der Waals surface area contributed by atoms with Gasteiger partial charge in [-0.1, -0.05) is 0 Å². The van der Waals surface area contributed by atoms with Crippen LogP contribution in [0, 0.1) is 0 Å². The summed E-state index contributed by atoms with van der Waals surface area (Å²) in [6.07, 6.45) is 8.43. The molecule has 2 aromatic rings. The molecule has 0 bridgehead atoms. The highest BCUT2D eigenvalue weighted by Gasteiger charge is 2.24. The third-order valence-corrected chi connectivity index (χ3v) is 3.59. The van der Waals surface area contributed by atoms with Gasteiger partial charge in [-0.3, -0.25) is 9.30 Å². The summed E-state index contributed by atoms with van der Waals surface area (Å²) in [6, 6.07) is 2.57. The summed E-state index contributed by atoms with van der Waals surface area (Å²) in [6.45, 7) is 3.16. The number of hydrogen-bond acceptors (Lipinski definition) is 4. The Morgan fingerprint density at radius 3 is 3.16 bits per heavy atom. The molecule has 2 aromatic heterocycles. The second-order valence-corrected chi connectivity index (χ2v) is 4.88. The number of nitrogens with zero attached hydrogens (tertiary/aromatic N) is 4. The Hall–Kier alpha value is -1.17. The van der Waals surface area contributed by atoms with Crippen LogP contribution in [0.5, 0.6) is 0 Å². The number of imidazole rings is 1. The molecule has 0 aliphatic carbocycles. The Labute approximate surface area is 119 Å². The van der Waals surface area contributed by atoms with Gasteiger partial charge in [-0.25, -0.2) is 9.97 Å². The normalized spacial score (nSPS) is 19.7. The summed E-state index contributed by atoms with van der Waals surface area (Å²) < 4.78 is 1.98. The fraction of sp³-hybridized carbons (Fsp3) is 0.538. The van der Waals surface area contributed by atoms with Crippen LogP contribution < -0.4 is 5.32 Å². The Morgan fingerprint density at radius 1 is 1.47 bits per heavy atom. The number of likely N-dealkylation sites (N-methyl/N-ethyl adjacent to an activating group) is 1. The van der Waals surface area contributed by atoms with Crippen LogP contribution in [0.1, 0.15) is 18.5 Å². The molecule has 104 valence electrons. The summed E-state index contributed by atoms with van der Waals surface area (Å²) in [5.41, 5.74) is 1.11. The van der Waals surface area contributed by atoms with E-state index in [1.165, 1.54) is 19.4 Å². The van der Waals surface area contributed by atoms with Crippen LogP contribution in [0.15, 0.2) is 24.7 Å². The number of rotatable bonds is 4. The third kappa shape index (κ3) is 3.05. The molecule has 0 saturated carbocycles. The van der Waals surface area contributed by atoms with Crippen molar-refractivity contribution in [3.05, 3.63) is 30.4 Å². The van der Waals surface area contributed by atoms with Crippen LogP contribution in [-0.4, -0.2) is 45.4 Å². The van der Waals surface area contributed by atoms with E-state index in [2.05, 4.69) is 26.4 Å². The number of aromatic nitrogens is 3. The van der Waals surface area contributed by atoms with Gasteiger partial charge in [-0.05, 0) is 32.5 Å². The molecule has 0 amide bonds. The monoisotopic (exact) mass is 281 g/mol. The first-order chi connectivity index (χ1) is 8.86. The molecule has 1 N–H and O–H groups in total. The van der Waals surface area contributed by atoms with E-state index >= 15 is 0 Å². The third-order valence-electron chi connectivity index (χ3n) is 3.59. The van der Waals surface area contributed by atoms with Crippen LogP contribution in [0.4, 0.5) is 0 Å². The minimum atomic E-state index is 0. The highest BCUT2D eigenvalue weighted by atomic mass is 35.5. The van der Waals surface area contributed by atoms with E-state index in [1.807, 2.05) is 23.7 Å². The lowest BCUT2D eigenvalue weighted by Crippen LogP contribution is -2.36. The highest BCUT2D eigenvalue weighted by molar-refractivity contribution is 5.85. The molecule has 1 saturated heterocycles. The van der Waals surface area contributed by atoms with E-state index in [0.29, 0.717) is 6.04 Å². The van der Waals surface area contributed by atoms with Crippen LogP contribution in [0.3, 0.4) is 0 Å². The predicted octanol–water partition coefficient (Wildman–Crippen LogP) is 1.33. The standard InChI is InChI=1S/C13H19N5.ClH/c1-14-8-12-4-2-6-17(12)9-11-10-18-7-3-5-15-13(18)16-11;/h3,5,7,10,12,14H,2,4,6,8-9H2,1H3;1H. The Morgan fingerprint density at radius 2 is 2.37 bits per heavy atom. The van der Waals surface area contributed by atoms with Gasteiger partial charge in [0.25, 0.3) is 0 Å². The van der Waals surface area contributed by atoms with E-state index in [-0.39, 0.29) is 12.4 Å². The van der Waals surface area contributed by atoms with Crippen LogP contribution in [0.25, 0.3) is 5.78 Å². The van der Waals surface area contributed by atoms with Gasteiger partial charge in [0.15, 0.2) is 0 Å². The Bertz CT molecular complexity index is 493. The maximum absolute atomic E-state index is 4.56. The lowest BCUT2D eigenvalue weighted by Gasteiger charge is -2.23. The Kier molecular flexibility index (Phi) is 4.74. The largest absolute Gasteiger partial charge is 0.318 e. The highest BCUT2D eigenvalue weighted by Crippen LogP contribution is 2.19. The first kappa shape index (κ1) is 14.2. The van der Waals surface area contributed by atoms with Crippen LogP contribution in [-0.2, 0) is 6.54 Å². The minimum absolute atomic E-state index is 0. The summed E-state index contributed by atoms with van der Waals surface area (Å²) in [5.74, 6) is 0.789. The smallest absolute Gasteiger partial charge is 0.233 e. The second kappa shape index (κ2) is 6.32. The van der Waals surface area contributed by atoms with E-state index in [9.17, 15) is 0 Å².